The van der Waals surface area contributed by atoms with Crippen molar-refractivity contribution in [3.05, 3.63) is 35.8 Å². The molecule has 0 radical (unpaired) electrons. The smallest absolute Gasteiger partial charge is 0.240 e. The number of benzene rings is 1. The summed E-state index contributed by atoms with van der Waals surface area (Å²) in [7, 11) is 1.43. The summed E-state index contributed by atoms with van der Waals surface area (Å²) in [6.45, 7) is 1.52. The fourth-order valence-electron chi connectivity index (χ4n) is 1.36. The Balaban J connectivity index is 2.61. The van der Waals surface area contributed by atoms with Gasteiger partial charge in [-0.25, -0.2) is 17.8 Å². The molecular formula is C10H7ClFNO2S2. The lowest BCUT2D eigenvalue weighted by atomic mass is 10.2. The third-order valence-electron chi connectivity index (χ3n) is 2.08. The molecule has 1 aromatic carbocycles. The Bertz CT molecular complexity index is 667. The van der Waals surface area contributed by atoms with Gasteiger partial charge in [0.05, 0.1) is 5.69 Å². The molecular weight excluding hydrogens is 285 g/mol. The quantitative estimate of drug-likeness (QED) is 0.798. The van der Waals surface area contributed by atoms with Crippen LogP contribution in [0.1, 0.15) is 5.69 Å². The van der Waals surface area contributed by atoms with Crippen LogP contribution in [0.4, 0.5) is 4.39 Å². The van der Waals surface area contributed by atoms with Gasteiger partial charge in [-0.2, -0.15) is 0 Å². The molecule has 17 heavy (non-hydrogen) atoms. The Morgan fingerprint density at radius 3 is 2.53 bits per heavy atom. The first-order valence-corrected chi connectivity index (χ1v) is 7.69. The molecule has 2 rings (SSSR count). The van der Waals surface area contributed by atoms with Crippen molar-refractivity contribution in [1.82, 2.24) is 4.98 Å². The molecule has 1 heterocycles. The SMILES string of the molecule is Cc1nc(-c2ccccc2F)sc1S(=O)(=O)Cl. The van der Waals surface area contributed by atoms with Gasteiger partial charge in [0, 0.05) is 16.2 Å². The molecule has 90 valence electrons. The molecule has 0 bridgehead atoms. The molecule has 0 atom stereocenters. The van der Waals surface area contributed by atoms with Crippen LogP contribution in [0, 0.1) is 12.7 Å². The van der Waals surface area contributed by atoms with E-state index in [0.29, 0.717) is 5.01 Å². The third kappa shape index (κ3) is 2.48. The molecule has 2 aromatic rings. The van der Waals surface area contributed by atoms with Crippen molar-refractivity contribution < 1.29 is 12.8 Å². The van der Waals surface area contributed by atoms with Crippen LogP contribution in [0.2, 0.25) is 0 Å². The maximum Gasteiger partial charge on any atom is 0.272 e. The molecule has 0 aliphatic rings. The summed E-state index contributed by atoms with van der Waals surface area (Å²) in [6.07, 6.45) is 0. The lowest BCUT2D eigenvalue weighted by molar-refractivity contribution is 0.610. The molecule has 3 nitrogen and oxygen atoms in total. The van der Waals surface area contributed by atoms with E-state index >= 15 is 0 Å². The number of aromatic nitrogens is 1. The molecule has 0 saturated heterocycles. The predicted octanol–water partition coefficient (Wildman–Crippen LogP) is 3.19. The van der Waals surface area contributed by atoms with Crippen molar-refractivity contribution in [3.63, 3.8) is 0 Å². The van der Waals surface area contributed by atoms with E-state index in [1.165, 1.54) is 19.1 Å². The van der Waals surface area contributed by atoms with Crippen molar-refractivity contribution >= 4 is 31.1 Å². The van der Waals surface area contributed by atoms with E-state index in [-0.39, 0.29) is 15.5 Å². The summed E-state index contributed by atoms with van der Waals surface area (Å²) in [5.74, 6) is -0.445. The van der Waals surface area contributed by atoms with Crippen molar-refractivity contribution in [2.24, 2.45) is 0 Å². The number of aryl methyl sites for hydroxylation is 1. The molecule has 0 aliphatic heterocycles. The highest BCUT2D eigenvalue weighted by Gasteiger charge is 2.20. The van der Waals surface area contributed by atoms with Crippen LogP contribution in [-0.2, 0) is 9.05 Å². The van der Waals surface area contributed by atoms with Gasteiger partial charge in [-0.1, -0.05) is 12.1 Å². The molecule has 0 unspecified atom stereocenters. The maximum atomic E-state index is 13.5. The van der Waals surface area contributed by atoms with Gasteiger partial charge in [0.1, 0.15) is 10.8 Å². The Labute approximate surface area is 106 Å². The Kier molecular flexibility index (Phi) is 3.20. The number of halogens is 2. The van der Waals surface area contributed by atoms with Crippen LogP contribution >= 0.6 is 22.0 Å². The van der Waals surface area contributed by atoms with E-state index in [1.54, 1.807) is 12.1 Å². The average molecular weight is 292 g/mol. The van der Waals surface area contributed by atoms with E-state index in [1.807, 2.05) is 0 Å². The van der Waals surface area contributed by atoms with Crippen LogP contribution in [0.5, 0.6) is 0 Å². The highest BCUT2D eigenvalue weighted by molar-refractivity contribution is 8.15. The second-order valence-corrected chi connectivity index (χ2v) is 7.07. The fraction of sp³-hybridized carbons (Fsp3) is 0.100. The van der Waals surface area contributed by atoms with Gasteiger partial charge in [0.2, 0.25) is 0 Å². The summed E-state index contributed by atoms with van der Waals surface area (Å²) >= 11 is 0.863. The van der Waals surface area contributed by atoms with Crippen molar-refractivity contribution in [2.45, 2.75) is 11.1 Å². The van der Waals surface area contributed by atoms with Gasteiger partial charge in [-0.3, -0.25) is 0 Å². The zero-order chi connectivity index (χ0) is 12.6. The van der Waals surface area contributed by atoms with E-state index < -0.39 is 14.9 Å². The summed E-state index contributed by atoms with van der Waals surface area (Å²) in [4.78, 5) is 4.02. The Hall–Kier alpha value is -0.980. The average Bonchev–Trinajstić information content (AvgIpc) is 2.60. The fourth-order valence-corrected chi connectivity index (χ4v) is 3.84. The molecule has 0 fully saturated rings. The van der Waals surface area contributed by atoms with Crippen molar-refractivity contribution in [2.75, 3.05) is 0 Å². The van der Waals surface area contributed by atoms with E-state index in [4.69, 9.17) is 10.7 Å². The van der Waals surface area contributed by atoms with Crippen LogP contribution < -0.4 is 0 Å². The van der Waals surface area contributed by atoms with Crippen LogP contribution in [0.25, 0.3) is 10.6 Å². The normalized spacial score (nSPS) is 11.7. The minimum Gasteiger partial charge on any atom is -0.240 e. The third-order valence-corrected chi connectivity index (χ3v) is 5.45. The van der Waals surface area contributed by atoms with Crippen LogP contribution in [-0.4, -0.2) is 13.4 Å². The molecule has 0 amide bonds. The molecule has 0 aliphatic carbocycles. The van der Waals surface area contributed by atoms with Crippen molar-refractivity contribution in [1.29, 1.82) is 0 Å². The lowest BCUT2D eigenvalue weighted by Crippen LogP contribution is -1.88. The number of hydrogen-bond acceptors (Lipinski definition) is 4. The minimum atomic E-state index is -3.83. The Morgan fingerprint density at radius 2 is 2.00 bits per heavy atom. The maximum absolute atomic E-state index is 13.5. The molecule has 0 spiro atoms. The monoisotopic (exact) mass is 291 g/mol. The highest BCUT2D eigenvalue weighted by Crippen LogP contribution is 2.33. The van der Waals surface area contributed by atoms with Gasteiger partial charge in [-0.05, 0) is 19.1 Å². The first kappa shape index (κ1) is 12.5. The largest absolute Gasteiger partial charge is 0.272 e. The van der Waals surface area contributed by atoms with Gasteiger partial charge in [-0.15, -0.1) is 11.3 Å². The highest BCUT2D eigenvalue weighted by atomic mass is 35.7. The van der Waals surface area contributed by atoms with Gasteiger partial charge < -0.3 is 0 Å². The molecule has 0 N–H and O–H groups in total. The molecule has 0 saturated carbocycles. The standard InChI is InChI=1S/C10H7ClFNO2S2/c1-6-10(17(11,14)15)16-9(13-6)7-4-2-3-5-8(7)12/h2-5H,1H3. The zero-order valence-electron chi connectivity index (χ0n) is 8.65. The molecule has 1 aromatic heterocycles. The van der Waals surface area contributed by atoms with Gasteiger partial charge >= 0.3 is 0 Å². The van der Waals surface area contributed by atoms with Crippen LogP contribution in [0.15, 0.2) is 28.5 Å². The summed E-state index contributed by atoms with van der Waals surface area (Å²) in [5.41, 5.74) is 0.551. The topological polar surface area (TPSA) is 47.0 Å². The summed E-state index contributed by atoms with van der Waals surface area (Å²) < 4.78 is 35.9. The van der Waals surface area contributed by atoms with Gasteiger partial charge in [0.15, 0.2) is 4.21 Å². The zero-order valence-corrected chi connectivity index (χ0v) is 11.0. The van der Waals surface area contributed by atoms with E-state index in [9.17, 15) is 12.8 Å². The van der Waals surface area contributed by atoms with E-state index in [0.717, 1.165) is 11.3 Å². The van der Waals surface area contributed by atoms with Gasteiger partial charge in [0.25, 0.3) is 9.05 Å². The predicted molar refractivity (Wildman–Crippen MR) is 65.3 cm³/mol. The first-order valence-electron chi connectivity index (χ1n) is 4.56. The number of nitrogens with zero attached hydrogens (tertiary/aromatic N) is 1. The van der Waals surface area contributed by atoms with Crippen molar-refractivity contribution in [3.8, 4) is 10.6 Å². The number of thiazole rings is 1. The summed E-state index contributed by atoms with van der Waals surface area (Å²) in [6, 6.07) is 6.04. The second-order valence-electron chi connectivity index (χ2n) is 3.31. The lowest BCUT2D eigenvalue weighted by Gasteiger charge is -1.96. The first-order chi connectivity index (χ1) is 7.89. The van der Waals surface area contributed by atoms with E-state index in [2.05, 4.69) is 4.98 Å². The number of hydrogen-bond donors (Lipinski definition) is 0. The number of rotatable bonds is 2. The van der Waals surface area contributed by atoms with Crippen LogP contribution in [0.3, 0.4) is 0 Å². The molecule has 7 heteroatoms. The Morgan fingerprint density at radius 1 is 1.35 bits per heavy atom. The second kappa shape index (κ2) is 4.36. The minimum absolute atomic E-state index is 0.0441. The summed E-state index contributed by atoms with van der Waals surface area (Å²) in [5, 5.41) is 0.305.